The molecule has 2 aromatic heterocycles. The Morgan fingerprint density at radius 2 is 1.87 bits per heavy atom. The van der Waals surface area contributed by atoms with Gasteiger partial charge in [0.15, 0.2) is 0 Å². The molecule has 6 nitrogen and oxygen atoms in total. The number of nitrogens with zero attached hydrogens (tertiary/aromatic N) is 6. The van der Waals surface area contributed by atoms with Crippen LogP contribution in [-0.2, 0) is 6.54 Å². The van der Waals surface area contributed by atoms with E-state index in [1.165, 1.54) is 31.2 Å². The standard InChI is InChI=1S/C24H30N6/c1-18-9-11-19(12-10-18)15-26-24-25-14-13-22(28-24)21-16-27-30(23(21)29(2)3)17-20-7-5-4-6-8-20/h4-8,13-16,18-19H,9-12,17H2,1-3H3. The normalized spacial score (nSPS) is 19.3. The second-order valence-corrected chi connectivity index (χ2v) is 8.46. The van der Waals surface area contributed by atoms with Crippen molar-refractivity contribution in [1.82, 2.24) is 19.7 Å². The van der Waals surface area contributed by atoms with Crippen LogP contribution in [0.3, 0.4) is 0 Å². The molecule has 0 bridgehead atoms. The van der Waals surface area contributed by atoms with Gasteiger partial charge < -0.3 is 4.90 Å². The monoisotopic (exact) mass is 402 g/mol. The summed E-state index contributed by atoms with van der Waals surface area (Å²) >= 11 is 0. The predicted molar refractivity (Wildman–Crippen MR) is 122 cm³/mol. The SMILES string of the molecule is CC1CCC(C=Nc2nccc(-c3cnn(Cc4ccccc4)c3N(C)C)n2)CC1. The van der Waals surface area contributed by atoms with Crippen molar-refractivity contribution in [3.8, 4) is 11.3 Å². The fourth-order valence-electron chi connectivity index (χ4n) is 4.07. The Morgan fingerprint density at radius 3 is 2.60 bits per heavy atom. The number of aliphatic imine (C=N–C) groups is 1. The maximum Gasteiger partial charge on any atom is 0.249 e. The lowest BCUT2D eigenvalue weighted by atomic mass is 9.84. The first-order chi connectivity index (χ1) is 14.6. The average Bonchev–Trinajstić information content (AvgIpc) is 3.18. The van der Waals surface area contributed by atoms with E-state index < -0.39 is 0 Å². The van der Waals surface area contributed by atoms with Gasteiger partial charge in [0.1, 0.15) is 5.82 Å². The number of anilines is 1. The second-order valence-electron chi connectivity index (χ2n) is 8.46. The Hall–Kier alpha value is -3.02. The topological polar surface area (TPSA) is 59.2 Å². The summed E-state index contributed by atoms with van der Waals surface area (Å²) < 4.78 is 2.01. The minimum atomic E-state index is 0.520. The van der Waals surface area contributed by atoms with Crippen LogP contribution in [0.2, 0.25) is 0 Å². The van der Waals surface area contributed by atoms with E-state index in [0.717, 1.165) is 23.0 Å². The van der Waals surface area contributed by atoms with Crippen LogP contribution in [0.5, 0.6) is 0 Å². The van der Waals surface area contributed by atoms with Crippen molar-refractivity contribution >= 4 is 18.0 Å². The van der Waals surface area contributed by atoms with Gasteiger partial charge in [-0.05, 0) is 36.3 Å². The third-order valence-corrected chi connectivity index (χ3v) is 5.79. The largest absolute Gasteiger partial charge is 0.362 e. The summed E-state index contributed by atoms with van der Waals surface area (Å²) in [5.74, 6) is 2.92. The lowest BCUT2D eigenvalue weighted by Crippen LogP contribution is -2.16. The van der Waals surface area contributed by atoms with Crippen LogP contribution < -0.4 is 4.90 Å². The summed E-state index contributed by atoms with van der Waals surface area (Å²) in [6.07, 6.45) is 10.7. The molecule has 2 heterocycles. The predicted octanol–water partition coefficient (Wildman–Crippen LogP) is 4.98. The van der Waals surface area contributed by atoms with Crippen molar-refractivity contribution < 1.29 is 0 Å². The van der Waals surface area contributed by atoms with Gasteiger partial charge in [-0.25, -0.2) is 19.6 Å². The fraction of sp³-hybridized carbons (Fsp3) is 0.417. The van der Waals surface area contributed by atoms with Crippen molar-refractivity contribution in [2.45, 2.75) is 39.2 Å². The molecule has 1 saturated carbocycles. The minimum absolute atomic E-state index is 0.520. The Bertz CT molecular complexity index is 984. The molecule has 1 aliphatic rings. The van der Waals surface area contributed by atoms with E-state index in [0.29, 0.717) is 18.4 Å². The first-order valence-electron chi connectivity index (χ1n) is 10.7. The number of hydrogen-bond acceptors (Lipinski definition) is 5. The van der Waals surface area contributed by atoms with Crippen LogP contribution in [-0.4, -0.2) is 40.1 Å². The molecular formula is C24H30N6. The summed E-state index contributed by atoms with van der Waals surface area (Å²) in [6.45, 7) is 3.05. The van der Waals surface area contributed by atoms with Crippen LogP contribution in [0.25, 0.3) is 11.3 Å². The van der Waals surface area contributed by atoms with E-state index in [-0.39, 0.29) is 0 Å². The molecule has 156 valence electrons. The maximum atomic E-state index is 4.72. The maximum absolute atomic E-state index is 4.72. The second kappa shape index (κ2) is 9.20. The number of benzene rings is 1. The summed E-state index contributed by atoms with van der Waals surface area (Å²) in [5.41, 5.74) is 3.05. The fourth-order valence-corrected chi connectivity index (χ4v) is 4.07. The zero-order valence-corrected chi connectivity index (χ0v) is 18.1. The van der Waals surface area contributed by atoms with Crippen LogP contribution in [0.1, 0.15) is 38.2 Å². The van der Waals surface area contributed by atoms with Crippen LogP contribution >= 0.6 is 0 Å². The molecule has 0 atom stereocenters. The van der Waals surface area contributed by atoms with Crippen molar-refractivity contribution in [3.63, 3.8) is 0 Å². The number of rotatable bonds is 6. The number of hydrogen-bond donors (Lipinski definition) is 0. The van der Waals surface area contributed by atoms with Crippen molar-refractivity contribution in [2.24, 2.45) is 16.8 Å². The van der Waals surface area contributed by atoms with E-state index in [2.05, 4.69) is 57.4 Å². The first-order valence-corrected chi connectivity index (χ1v) is 10.7. The van der Waals surface area contributed by atoms with Crippen LogP contribution in [0.4, 0.5) is 11.8 Å². The molecule has 0 unspecified atom stereocenters. The van der Waals surface area contributed by atoms with Gasteiger partial charge in [-0.15, -0.1) is 0 Å². The van der Waals surface area contributed by atoms with E-state index in [1.54, 1.807) is 6.20 Å². The van der Waals surface area contributed by atoms with Crippen molar-refractivity contribution in [2.75, 3.05) is 19.0 Å². The molecule has 0 spiro atoms. The Kier molecular flexibility index (Phi) is 6.21. The lowest BCUT2D eigenvalue weighted by Gasteiger charge is -2.22. The first kappa shape index (κ1) is 20.3. The highest BCUT2D eigenvalue weighted by molar-refractivity contribution is 5.73. The highest BCUT2D eigenvalue weighted by Crippen LogP contribution is 2.30. The van der Waals surface area contributed by atoms with Crippen LogP contribution in [0.15, 0.2) is 53.8 Å². The highest BCUT2D eigenvalue weighted by atomic mass is 15.4. The van der Waals surface area contributed by atoms with Crippen molar-refractivity contribution in [3.05, 3.63) is 54.4 Å². The summed E-state index contributed by atoms with van der Waals surface area (Å²) in [5, 5.41) is 4.64. The Labute approximate surface area is 178 Å². The van der Waals surface area contributed by atoms with Gasteiger partial charge in [0.25, 0.3) is 0 Å². The van der Waals surface area contributed by atoms with Crippen LogP contribution in [0, 0.1) is 11.8 Å². The van der Waals surface area contributed by atoms with Gasteiger partial charge in [-0.3, -0.25) is 0 Å². The molecule has 0 saturated heterocycles. The molecule has 1 aromatic carbocycles. The van der Waals surface area contributed by atoms with Gasteiger partial charge in [0.05, 0.1) is 24.0 Å². The Morgan fingerprint density at radius 1 is 1.10 bits per heavy atom. The molecule has 4 rings (SSSR count). The zero-order valence-electron chi connectivity index (χ0n) is 18.1. The van der Waals surface area contributed by atoms with E-state index in [4.69, 9.17) is 4.98 Å². The minimum Gasteiger partial charge on any atom is -0.362 e. The molecule has 3 aromatic rings. The molecule has 0 N–H and O–H groups in total. The summed E-state index contributed by atoms with van der Waals surface area (Å²) in [4.78, 5) is 15.8. The van der Waals surface area contributed by atoms with Gasteiger partial charge >= 0.3 is 0 Å². The summed E-state index contributed by atoms with van der Waals surface area (Å²) in [7, 11) is 4.07. The molecule has 30 heavy (non-hydrogen) atoms. The zero-order chi connectivity index (χ0) is 20.9. The molecule has 1 fully saturated rings. The van der Waals surface area contributed by atoms with Gasteiger partial charge in [0.2, 0.25) is 5.95 Å². The van der Waals surface area contributed by atoms with Gasteiger partial charge in [-0.2, -0.15) is 5.10 Å². The molecule has 0 amide bonds. The molecular weight excluding hydrogens is 372 g/mol. The molecule has 6 heteroatoms. The smallest absolute Gasteiger partial charge is 0.249 e. The van der Waals surface area contributed by atoms with Gasteiger partial charge in [-0.1, -0.05) is 50.1 Å². The van der Waals surface area contributed by atoms with E-state index in [1.807, 2.05) is 37.1 Å². The highest BCUT2D eigenvalue weighted by Gasteiger charge is 2.18. The van der Waals surface area contributed by atoms with Gasteiger partial charge in [0, 0.05) is 26.5 Å². The molecule has 1 aliphatic carbocycles. The average molecular weight is 403 g/mol. The molecule has 0 aliphatic heterocycles. The van der Waals surface area contributed by atoms with E-state index in [9.17, 15) is 0 Å². The number of aromatic nitrogens is 4. The van der Waals surface area contributed by atoms with E-state index >= 15 is 0 Å². The quantitative estimate of drug-likeness (QED) is 0.546. The third kappa shape index (κ3) is 4.75. The Balaban J connectivity index is 1.57. The molecule has 0 radical (unpaired) electrons. The third-order valence-electron chi connectivity index (χ3n) is 5.79. The summed E-state index contributed by atoms with van der Waals surface area (Å²) in [6, 6.07) is 12.3. The lowest BCUT2D eigenvalue weighted by molar-refractivity contribution is 0.347. The van der Waals surface area contributed by atoms with Crippen molar-refractivity contribution in [1.29, 1.82) is 0 Å².